The van der Waals surface area contributed by atoms with Crippen molar-refractivity contribution in [3.63, 3.8) is 0 Å². The molecule has 0 aromatic heterocycles. The fourth-order valence-corrected chi connectivity index (χ4v) is 2.12. The molecule has 0 bridgehead atoms. The Morgan fingerprint density at radius 2 is 2.29 bits per heavy atom. The molecule has 1 unspecified atom stereocenters. The summed E-state index contributed by atoms with van der Waals surface area (Å²) < 4.78 is 10.5. The predicted octanol–water partition coefficient (Wildman–Crippen LogP) is 1.62. The molecule has 0 radical (unpaired) electrons. The molecule has 1 amide bonds. The van der Waals surface area contributed by atoms with E-state index in [0.29, 0.717) is 6.61 Å². The van der Waals surface area contributed by atoms with Gasteiger partial charge in [0, 0.05) is 26.1 Å². The molecule has 1 aliphatic rings. The fraction of sp³-hybridized carbons (Fsp3) is 0.462. The molecule has 1 aromatic carbocycles. The molecule has 2 rings (SSSR count). The average Bonchev–Trinajstić information content (AvgIpc) is 2.37. The SMILES string of the molecule is COCC(=O)N(C)C1CCOc2ccccc21. The number of methoxy groups -OCH3 is 1. The molecule has 4 nitrogen and oxygen atoms in total. The van der Waals surface area contributed by atoms with E-state index >= 15 is 0 Å². The molecule has 17 heavy (non-hydrogen) atoms. The summed E-state index contributed by atoms with van der Waals surface area (Å²) in [6.07, 6.45) is 0.822. The van der Waals surface area contributed by atoms with Crippen molar-refractivity contribution in [1.29, 1.82) is 0 Å². The quantitative estimate of drug-likeness (QED) is 0.799. The largest absolute Gasteiger partial charge is 0.493 e. The molecule has 1 atom stereocenters. The molecule has 0 spiro atoms. The summed E-state index contributed by atoms with van der Waals surface area (Å²) in [5.74, 6) is 0.870. The number of nitrogens with zero attached hydrogens (tertiary/aromatic N) is 1. The fourth-order valence-electron chi connectivity index (χ4n) is 2.12. The molecule has 92 valence electrons. The van der Waals surface area contributed by atoms with Crippen LogP contribution in [0, 0.1) is 0 Å². The van der Waals surface area contributed by atoms with Crippen LogP contribution in [0.2, 0.25) is 0 Å². The molecular formula is C13H17NO3. The second-order valence-corrected chi connectivity index (χ2v) is 4.13. The van der Waals surface area contributed by atoms with Crippen LogP contribution in [0.25, 0.3) is 0 Å². The van der Waals surface area contributed by atoms with Crippen LogP contribution >= 0.6 is 0 Å². The Labute approximate surface area is 101 Å². The van der Waals surface area contributed by atoms with Crippen LogP contribution in [0.4, 0.5) is 0 Å². The normalized spacial score (nSPS) is 18.1. The van der Waals surface area contributed by atoms with E-state index in [1.807, 2.05) is 31.3 Å². The van der Waals surface area contributed by atoms with Crippen LogP contribution in [-0.4, -0.2) is 38.2 Å². The lowest BCUT2D eigenvalue weighted by Crippen LogP contribution is -2.36. The van der Waals surface area contributed by atoms with Gasteiger partial charge in [-0.1, -0.05) is 18.2 Å². The minimum absolute atomic E-state index is 0.00537. The number of likely N-dealkylation sites (N-methyl/N-ethyl adjacent to an activating group) is 1. The molecular weight excluding hydrogens is 218 g/mol. The Kier molecular flexibility index (Phi) is 3.64. The maximum absolute atomic E-state index is 11.8. The second-order valence-electron chi connectivity index (χ2n) is 4.13. The van der Waals surface area contributed by atoms with Crippen LogP contribution in [0.3, 0.4) is 0 Å². The lowest BCUT2D eigenvalue weighted by molar-refractivity contribution is -0.136. The van der Waals surface area contributed by atoms with Crippen LogP contribution < -0.4 is 4.74 Å². The van der Waals surface area contributed by atoms with Crippen molar-refractivity contribution in [3.8, 4) is 5.75 Å². The maximum Gasteiger partial charge on any atom is 0.248 e. The van der Waals surface area contributed by atoms with E-state index in [4.69, 9.17) is 9.47 Å². The summed E-state index contributed by atoms with van der Waals surface area (Å²) in [7, 11) is 3.35. The molecule has 0 saturated heterocycles. The van der Waals surface area contributed by atoms with E-state index in [2.05, 4.69) is 0 Å². The van der Waals surface area contributed by atoms with E-state index in [1.165, 1.54) is 7.11 Å². The third-order valence-corrected chi connectivity index (χ3v) is 3.06. The molecule has 0 saturated carbocycles. The monoisotopic (exact) mass is 235 g/mol. The van der Waals surface area contributed by atoms with Gasteiger partial charge in [0.2, 0.25) is 5.91 Å². The molecule has 0 aliphatic carbocycles. The van der Waals surface area contributed by atoms with Crippen molar-refractivity contribution in [1.82, 2.24) is 4.90 Å². The summed E-state index contributed by atoms with van der Waals surface area (Å²) in [5.41, 5.74) is 1.07. The van der Waals surface area contributed by atoms with Gasteiger partial charge in [0.25, 0.3) is 0 Å². The average molecular weight is 235 g/mol. The predicted molar refractivity (Wildman–Crippen MR) is 63.9 cm³/mol. The smallest absolute Gasteiger partial charge is 0.248 e. The number of fused-ring (bicyclic) bond motifs is 1. The Bertz CT molecular complexity index is 405. The lowest BCUT2D eigenvalue weighted by Gasteiger charge is -2.33. The summed E-state index contributed by atoms with van der Waals surface area (Å²) in [6.45, 7) is 0.766. The summed E-state index contributed by atoms with van der Waals surface area (Å²) >= 11 is 0. The van der Waals surface area contributed by atoms with Crippen molar-refractivity contribution >= 4 is 5.91 Å². The van der Waals surface area contributed by atoms with Gasteiger partial charge in [0.15, 0.2) is 0 Å². The Morgan fingerprint density at radius 1 is 1.53 bits per heavy atom. The molecule has 1 aliphatic heterocycles. The van der Waals surface area contributed by atoms with E-state index < -0.39 is 0 Å². The number of ether oxygens (including phenoxy) is 2. The van der Waals surface area contributed by atoms with E-state index in [9.17, 15) is 4.79 Å². The molecule has 1 heterocycles. The van der Waals surface area contributed by atoms with E-state index in [1.54, 1.807) is 4.90 Å². The number of amides is 1. The van der Waals surface area contributed by atoms with Crippen LogP contribution in [0.1, 0.15) is 18.0 Å². The highest BCUT2D eigenvalue weighted by molar-refractivity contribution is 5.77. The summed E-state index contributed by atoms with van der Waals surface area (Å²) in [5, 5.41) is 0. The van der Waals surface area contributed by atoms with Crippen molar-refractivity contribution in [3.05, 3.63) is 29.8 Å². The highest BCUT2D eigenvalue weighted by atomic mass is 16.5. The van der Waals surface area contributed by atoms with Crippen LogP contribution in [0.5, 0.6) is 5.75 Å². The first-order valence-electron chi connectivity index (χ1n) is 5.70. The topological polar surface area (TPSA) is 38.8 Å². The Morgan fingerprint density at radius 3 is 3.06 bits per heavy atom. The first-order chi connectivity index (χ1) is 8.24. The Balaban J connectivity index is 2.20. The van der Waals surface area contributed by atoms with Gasteiger partial charge in [-0.3, -0.25) is 4.79 Å². The first kappa shape index (κ1) is 11.9. The van der Waals surface area contributed by atoms with Crippen molar-refractivity contribution in [2.24, 2.45) is 0 Å². The minimum atomic E-state index is -0.00537. The van der Waals surface area contributed by atoms with Crippen molar-refractivity contribution in [2.45, 2.75) is 12.5 Å². The summed E-state index contributed by atoms with van der Waals surface area (Å²) in [6, 6.07) is 7.95. The third-order valence-electron chi connectivity index (χ3n) is 3.06. The highest BCUT2D eigenvalue weighted by Crippen LogP contribution is 2.34. The lowest BCUT2D eigenvalue weighted by atomic mass is 9.99. The molecule has 4 heteroatoms. The number of carbonyl (C=O) groups is 1. The van der Waals surface area contributed by atoms with Gasteiger partial charge in [-0.15, -0.1) is 0 Å². The number of hydrogen-bond acceptors (Lipinski definition) is 3. The number of para-hydroxylation sites is 1. The zero-order chi connectivity index (χ0) is 12.3. The first-order valence-corrected chi connectivity index (χ1v) is 5.70. The van der Waals surface area contributed by atoms with Gasteiger partial charge >= 0.3 is 0 Å². The van der Waals surface area contributed by atoms with E-state index in [-0.39, 0.29) is 18.6 Å². The highest BCUT2D eigenvalue weighted by Gasteiger charge is 2.27. The standard InChI is InChI=1S/C13H17NO3/c1-14(13(15)9-16-2)11-7-8-17-12-6-4-3-5-10(11)12/h3-6,11H,7-9H2,1-2H3. The van der Waals surface area contributed by atoms with Crippen LogP contribution in [0.15, 0.2) is 24.3 Å². The van der Waals surface area contributed by atoms with Gasteiger partial charge in [-0.05, 0) is 6.07 Å². The number of hydrogen-bond donors (Lipinski definition) is 0. The van der Waals surface area contributed by atoms with Crippen molar-refractivity contribution < 1.29 is 14.3 Å². The van der Waals surface area contributed by atoms with Gasteiger partial charge < -0.3 is 14.4 Å². The summed E-state index contributed by atoms with van der Waals surface area (Å²) in [4.78, 5) is 13.6. The van der Waals surface area contributed by atoms with Gasteiger partial charge in [0.1, 0.15) is 12.4 Å². The number of benzene rings is 1. The molecule has 0 fully saturated rings. The Hall–Kier alpha value is -1.55. The molecule has 1 aromatic rings. The molecule has 0 N–H and O–H groups in total. The minimum Gasteiger partial charge on any atom is -0.493 e. The maximum atomic E-state index is 11.8. The number of carbonyl (C=O) groups excluding carboxylic acids is 1. The zero-order valence-electron chi connectivity index (χ0n) is 10.2. The van der Waals surface area contributed by atoms with Gasteiger partial charge in [0.05, 0.1) is 12.6 Å². The zero-order valence-corrected chi connectivity index (χ0v) is 10.2. The third kappa shape index (κ3) is 2.42. The number of rotatable bonds is 3. The second kappa shape index (κ2) is 5.19. The van der Waals surface area contributed by atoms with Gasteiger partial charge in [-0.2, -0.15) is 0 Å². The van der Waals surface area contributed by atoms with Gasteiger partial charge in [-0.25, -0.2) is 0 Å². The van der Waals surface area contributed by atoms with Crippen molar-refractivity contribution in [2.75, 3.05) is 27.4 Å². The van der Waals surface area contributed by atoms with Crippen LogP contribution in [-0.2, 0) is 9.53 Å². The van der Waals surface area contributed by atoms with E-state index in [0.717, 1.165) is 17.7 Å².